The van der Waals surface area contributed by atoms with Gasteiger partial charge in [0.1, 0.15) is 11.4 Å². The van der Waals surface area contributed by atoms with Gasteiger partial charge in [0.2, 0.25) is 5.60 Å². The topological polar surface area (TPSA) is 89.1 Å². The van der Waals surface area contributed by atoms with Crippen molar-refractivity contribution in [2.75, 3.05) is 6.54 Å². The molecule has 0 saturated heterocycles. The Hall–Kier alpha value is -3.65. The van der Waals surface area contributed by atoms with Crippen LogP contribution in [0.4, 0.5) is 13.2 Å². The second kappa shape index (κ2) is 7.74. The van der Waals surface area contributed by atoms with Crippen molar-refractivity contribution in [1.82, 2.24) is 29.2 Å². The Morgan fingerprint density at radius 3 is 2.58 bits per heavy atom. The average Bonchev–Trinajstić information content (AvgIpc) is 3.37. The molecule has 0 unspecified atom stereocenters. The quantitative estimate of drug-likeness (QED) is 0.610. The van der Waals surface area contributed by atoms with E-state index in [1.165, 1.54) is 26.5 Å². The summed E-state index contributed by atoms with van der Waals surface area (Å²) < 4.78 is 42.9. The minimum absolute atomic E-state index is 0.0414. The summed E-state index contributed by atoms with van der Waals surface area (Å²) in [6, 6.07) is 4.51. The van der Waals surface area contributed by atoms with Gasteiger partial charge in [-0.05, 0) is 32.0 Å². The molecular weight excluding hydrogens is 437 g/mol. The van der Waals surface area contributed by atoms with Crippen LogP contribution in [0.25, 0.3) is 11.4 Å². The second-order valence-corrected chi connectivity index (χ2v) is 8.16. The number of pyridine rings is 1. The van der Waals surface area contributed by atoms with Gasteiger partial charge in [0.25, 0.3) is 5.91 Å². The highest BCUT2D eigenvalue weighted by atomic mass is 19.4. The van der Waals surface area contributed by atoms with Crippen LogP contribution in [-0.2, 0) is 19.2 Å². The van der Waals surface area contributed by atoms with Crippen molar-refractivity contribution >= 4 is 5.91 Å². The molecule has 8 nitrogen and oxygen atoms in total. The molecule has 4 heterocycles. The summed E-state index contributed by atoms with van der Waals surface area (Å²) in [6.45, 7) is 2.53. The number of terminal acetylenes is 1. The first kappa shape index (κ1) is 22.5. The van der Waals surface area contributed by atoms with Crippen LogP contribution in [0.3, 0.4) is 0 Å². The van der Waals surface area contributed by atoms with Gasteiger partial charge in [0, 0.05) is 25.4 Å². The molecule has 0 fully saturated rings. The van der Waals surface area contributed by atoms with Crippen molar-refractivity contribution in [1.29, 1.82) is 0 Å². The lowest BCUT2D eigenvalue weighted by Gasteiger charge is -2.36. The fraction of sp³-hybridized carbons (Fsp3) is 0.364. The number of rotatable bonds is 3. The van der Waals surface area contributed by atoms with E-state index in [2.05, 4.69) is 21.0 Å². The normalized spacial score (nSPS) is 17.9. The third-order valence-electron chi connectivity index (χ3n) is 5.72. The van der Waals surface area contributed by atoms with Gasteiger partial charge in [-0.25, -0.2) is 4.98 Å². The number of halogens is 3. The minimum Gasteiger partial charge on any atom is -0.374 e. The number of alkyl halides is 3. The van der Waals surface area contributed by atoms with E-state index in [-0.39, 0.29) is 19.0 Å². The number of amides is 1. The lowest BCUT2D eigenvalue weighted by Crippen LogP contribution is -2.45. The molecule has 1 N–H and O–H groups in total. The number of hydrogen-bond donors (Lipinski definition) is 1. The predicted molar refractivity (Wildman–Crippen MR) is 112 cm³/mol. The van der Waals surface area contributed by atoms with Crippen LogP contribution in [0, 0.1) is 12.3 Å². The maximum Gasteiger partial charge on any atom is 0.424 e. The van der Waals surface area contributed by atoms with E-state index in [1.54, 1.807) is 32.2 Å². The third-order valence-corrected chi connectivity index (χ3v) is 5.72. The summed E-state index contributed by atoms with van der Waals surface area (Å²) in [4.78, 5) is 22.9. The van der Waals surface area contributed by atoms with Gasteiger partial charge >= 0.3 is 6.18 Å². The predicted octanol–water partition coefficient (Wildman–Crippen LogP) is 2.65. The molecule has 3 aromatic rings. The third kappa shape index (κ3) is 3.76. The van der Waals surface area contributed by atoms with E-state index < -0.39 is 23.6 Å². The fourth-order valence-corrected chi connectivity index (χ4v) is 3.89. The van der Waals surface area contributed by atoms with Crippen molar-refractivity contribution in [3.05, 3.63) is 53.4 Å². The van der Waals surface area contributed by atoms with E-state index in [0.29, 0.717) is 35.3 Å². The lowest BCUT2D eigenvalue weighted by atomic mass is 10.0. The van der Waals surface area contributed by atoms with Gasteiger partial charge in [-0.15, -0.1) is 6.42 Å². The van der Waals surface area contributed by atoms with Crippen molar-refractivity contribution in [3.63, 3.8) is 0 Å². The van der Waals surface area contributed by atoms with Crippen LogP contribution < -0.4 is 0 Å². The van der Waals surface area contributed by atoms with Crippen molar-refractivity contribution in [2.24, 2.45) is 7.05 Å². The molecule has 0 spiro atoms. The summed E-state index contributed by atoms with van der Waals surface area (Å²) in [5.41, 5.74) is -0.749. The number of aliphatic hydroxyl groups is 1. The Bertz CT molecular complexity index is 1250. The molecule has 172 valence electrons. The number of nitrogens with zero attached hydrogens (tertiary/aromatic N) is 6. The van der Waals surface area contributed by atoms with Crippen molar-refractivity contribution < 1.29 is 23.1 Å². The highest BCUT2D eigenvalue weighted by Gasteiger charge is 2.55. The minimum atomic E-state index is -4.89. The lowest BCUT2D eigenvalue weighted by molar-refractivity contribution is -0.263. The standard InChI is InChI=1S/C22H21F3N6O2/c1-5-14-6-7-16(26-9-14)17-8-18(29(4)28-17)19(32)30-11-13(2)31-15(12-30)10-27-20(31)21(3,33)22(23,24)25/h1,6-10,13,33H,11-12H2,2-4H3/t13-,21+/m0/s1. The number of fused-ring (bicyclic) bond motifs is 1. The zero-order valence-corrected chi connectivity index (χ0v) is 18.1. The highest BCUT2D eigenvalue weighted by Crippen LogP contribution is 2.40. The first-order valence-electron chi connectivity index (χ1n) is 10.1. The first-order valence-corrected chi connectivity index (χ1v) is 10.1. The second-order valence-electron chi connectivity index (χ2n) is 8.16. The van der Waals surface area contributed by atoms with E-state index in [9.17, 15) is 23.1 Å². The Balaban J connectivity index is 1.61. The molecular formula is C22H21F3N6O2. The average molecular weight is 458 g/mol. The van der Waals surface area contributed by atoms with Crippen LogP contribution in [0.1, 0.15) is 47.5 Å². The molecule has 2 atom stereocenters. The number of aryl methyl sites for hydroxylation is 1. The van der Waals surface area contributed by atoms with Gasteiger partial charge in [0.15, 0.2) is 5.82 Å². The van der Waals surface area contributed by atoms with Gasteiger partial charge in [-0.3, -0.25) is 14.5 Å². The maximum absolute atomic E-state index is 13.4. The zero-order valence-electron chi connectivity index (χ0n) is 18.1. The Labute approximate surface area is 187 Å². The van der Waals surface area contributed by atoms with E-state index in [4.69, 9.17) is 6.42 Å². The number of hydrogen-bond acceptors (Lipinski definition) is 5. The van der Waals surface area contributed by atoms with E-state index in [1.807, 2.05) is 0 Å². The molecule has 1 aliphatic rings. The van der Waals surface area contributed by atoms with E-state index >= 15 is 0 Å². The fourth-order valence-electron chi connectivity index (χ4n) is 3.89. The monoisotopic (exact) mass is 458 g/mol. The zero-order chi connectivity index (χ0) is 24.1. The Morgan fingerprint density at radius 1 is 1.24 bits per heavy atom. The van der Waals surface area contributed by atoms with Crippen molar-refractivity contribution in [2.45, 2.75) is 38.2 Å². The molecule has 0 aromatic carbocycles. The van der Waals surface area contributed by atoms with Crippen LogP contribution >= 0.6 is 0 Å². The number of carbonyl (C=O) groups excluding carboxylic acids is 1. The van der Waals surface area contributed by atoms with Gasteiger partial charge in [-0.2, -0.15) is 18.3 Å². The van der Waals surface area contributed by atoms with Crippen LogP contribution in [-0.4, -0.2) is 53.0 Å². The van der Waals surface area contributed by atoms with Crippen LogP contribution in [0.15, 0.2) is 30.6 Å². The van der Waals surface area contributed by atoms with Gasteiger partial charge in [0.05, 0.1) is 30.2 Å². The Morgan fingerprint density at radius 2 is 1.97 bits per heavy atom. The molecule has 0 radical (unpaired) electrons. The SMILES string of the molecule is C#Cc1ccc(-c2cc(C(=O)N3Cc4cnc([C@@](C)(O)C(F)(F)F)n4[C@@H](C)C3)n(C)n2)nc1. The van der Waals surface area contributed by atoms with Gasteiger partial charge in [-0.1, -0.05) is 5.92 Å². The largest absolute Gasteiger partial charge is 0.424 e. The van der Waals surface area contributed by atoms with Crippen LogP contribution in [0.5, 0.6) is 0 Å². The number of aromatic nitrogens is 5. The molecule has 11 heteroatoms. The maximum atomic E-state index is 13.4. The molecule has 3 aromatic heterocycles. The summed E-state index contributed by atoms with van der Waals surface area (Å²) >= 11 is 0. The molecule has 33 heavy (non-hydrogen) atoms. The molecule has 1 aliphatic heterocycles. The molecule has 0 bridgehead atoms. The molecule has 1 amide bonds. The summed E-state index contributed by atoms with van der Waals surface area (Å²) in [7, 11) is 1.63. The summed E-state index contributed by atoms with van der Waals surface area (Å²) in [5.74, 6) is 1.66. The molecule has 0 aliphatic carbocycles. The van der Waals surface area contributed by atoms with Gasteiger partial charge < -0.3 is 14.6 Å². The molecule has 0 saturated carbocycles. The highest BCUT2D eigenvalue weighted by molar-refractivity contribution is 5.93. The number of carbonyl (C=O) groups is 1. The smallest absolute Gasteiger partial charge is 0.374 e. The van der Waals surface area contributed by atoms with Crippen LogP contribution in [0.2, 0.25) is 0 Å². The number of imidazole rings is 1. The molecule has 4 rings (SSSR count). The Kier molecular flexibility index (Phi) is 5.29. The summed E-state index contributed by atoms with van der Waals surface area (Å²) in [5, 5.41) is 14.5. The summed E-state index contributed by atoms with van der Waals surface area (Å²) in [6.07, 6.45) is 3.25. The van der Waals surface area contributed by atoms with Crippen molar-refractivity contribution in [3.8, 4) is 23.7 Å². The van der Waals surface area contributed by atoms with E-state index in [0.717, 1.165) is 0 Å². The first-order chi connectivity index (χ1) is 15.4.